The number of hydrogen-bond donors (Lipinski definition) is 5. The van der Waals surface area contributed by atoms with Crippen LogP contribution < -0.4 is 84.1 Å². The summed E-state index contributed by atoms with van der Waals surface area (Å²) in [5.74, 6) is 4.32. The van der Waals surface area contributed by atoms with Crippen LogP contribution in [0.15, 0.2) is 40.9 Å². The smallest absolute Gasteiger partial charge is 0.862 e. The molecule has 1 aromatic rings. The van der Waals surface area contributed by atoms with Crippen molar-refractivity contribution in [3.8, 4) is 5.75 Å². The summed E-state index contributed by atoms with van der Waals surface area (Å²) < 4.78 is 11.2. The zero-order valence-corrected chi connectivity index (χ0v) is 41.4. The number of anilines is 1. The van der Waals surface area contributed by atoms with Gasteiger partial charge in [-0.15, -0.1) is 0 Å². The van der Waals surface area contributed by atoms with Gasteiger partial charge in [0, 0.05) is 26.5 Å². The Labute approximate surface area is 396 Å². The number of ether oxygens (including phenoxy) is 2. The summed E-state index contributed by atoms with van der Waals surface area (Å²) in [6.07, 6.45) is 7.40. The molecule has 13 atom stereocenters. The first-order valence-electron chi connectivity index (χ1n) is 21.6. The van der Waals surface area contributed by atoms with Crippen molar-refractivity contribution < 1.29 is 108 Å². The Morgan fingerprint density at radius 2 is 1.68 bits per heavy atom. The third kappa shape index (κ3) is 12.4. The van der Waals surface area contributed by atoms with E-state index in [0.717, 1.165) is 55.3 Å². The van der Waals surface area contributed by atoms with Crippen molar-refractivity contribution in [1.29, 1.82) is 0 Å². The number of aliphatic hydroxyl groups excluding tert-OH is 3. The van der Waals surface area contributed by atoms with Gasteiger partial charge >= 0.3 is 59.1 Å². The topological polar surface area (TPSA) is 210 Å². The minimum Gasteiger partial charge on any atom is -0.862 e. The van der Waals surface area contributed by atoms with Crippen molar-refractivity contribution in [3.63, 3.8) is 0 Å². The summed E-state index contributed by atoms with van der Waals surface area (Å²) in [6.45, 7) is 12.3. The monoisotopic (exact) mass is 860 g/mol. The Hall–Kier alpha value is -0.150. The van der Waals surface area contributed by atoms with Crippen LogP contribution in [0, 0.1) is 46.3 Å². The molecule has 1 aliphatic heterocycles. The van der Waals surface area contributed by atoms with Gasteiger partial charge in [0.2, 0.25) is 12.2 Å². The number of amides is 1. The second kappa shape index (κ2) is 21.7. The molecule has 5 N–H and O–H groups in total. The third-order valence-corrected chi connectivity index (χ3v) is 15.7. The van der Waals surface area contributed by atoms with Crippen LogP contribution in [0.3, 0.4) is 0 Å². The van der Waals surface area contributed by atoms with E-state index < -0.39 is 44.8 Å². The molecule has 0 unspecified atom stereocenters. The summed E-state index contributed by atoms with van der Waals surface area (Å²) in [6, 6.07) is 6.08. The summed E-state index contributed by atoms with van der Waals surface area (Å²) in [5.41, 5.74) is 2.59. The van der Waals surface area contributed by atoms with Crippen molar-refractivity contribution in [1.82, 2.24) is 0 Å². The largest absolute Gasteiger partial charge is 1.00 e. The molecular weight excluding hydrogens is 793 g/mol. The number of fused-ring (bicyclic) bond motifs is 5. The quantitative estimate of drug-likeness (QED) is 0.0460. The Morgan fingerprint density at radius 3 is 2.36 bits per heavy atom. The van der Waals surface area contributed by atoms with E-state index in [1.807, 2.05) is 0 Å². The fourth-order valence-electron chi connectivity index (χ4n) is 11.8. The van der Waals surface area contributed by atoms with Gasteiger partial charge in [-0.2, -0.15) is 0 Å². The summed E-state index contributed by atoms with van der Waals surface area (Å²) in [5, 5.41) is 46.6. The number of hydrogen-bond acceptors (Lipinski definition) is 11. The van der Waals surface area contributed by atoms with Gasteiger partial charge in [-0.1, -0.05) is 65.5 Å². The van der Waals surface area contributed by atoms with Gasteiger partial charge in [-0.25, -0.2) is 0 Å². The van der Waals surface area contributed by atoms with Crippen LogP contribution in [0.2, 0.25) is 0 Å². The molecule has 4 aliphatic carbocycles. The minimum atomic E-state index is -4.63. The molecular formula is C44H67N2Na2O10P. The van der Waals surface area contributed by atoms with Crippen molar-refractivity contribution >= 4 is 25.4 Å². The molecule has 320 valence electrons. The molecule has 1 amide bonds. The molecule has 12 nitrogen and oxygen atoms in total. The predicted octanol–water partition coefficient (Wildman–Crippen LogP) is -1.37. The normalized spacial score (nSPS) is 36.2. The number of carbonyl (C=O) groups excluding carboxylic acids is 1. The van der Waals surface area contributed by atoms with Crippen LogP contribution in [-0.2, 0) is 9.53 Å². The van der Waals surface area contributed by atoms with E-state index in [9.17, 15) is 35.0 Å². The van der Waals surface area contributed by atoms with Crippen molar-refractivity contribution in [2.75, 3.05) is 11.5 Å². The fourth-order valence-corrected chi connectivity index (χ4v) is 12.4. The van der Waals surface area contributed by atoms with Crippen LogP contribution >= 0.6 is 7.94 Å². The van der Waals surface area contributed by atoms with Crippen molar-refractivity contribution in [2.24, 2.45) is 51.3 Å². The van der Waals surface area contributed by atoms with Crippen LogP contribution in [-0.4, -0.2) is 74.9 Å². The molecule has 3 saturated carbocycles. The number of rotatable bonds is 15. The molecule has 15 heteroatoms. The molecule has 59 heavy (non-hydrogen) atoms. The maximum absolute atomic E-state index is 13.0. The van der Waals surface area contributed by atoms with Crippen LogP contribution in [0.5, 0.6) is 5.75 Å². The standard InChI is InChI=1S/C44H69N2O10P.2Na/c1-26(2)7-6-8-27(3)33-15-16-34-32-14-9-28-25-30(19-22-43(28,4)35(32)20-23-44(33,34)5)46-38(48)18-17-37(47)45-29-10-12-31(13-11-29)55-42-41(51)40(50)39(49)36(56-42)21-24-57(52,53)54;;/h9-13,26-27,30,32-36,39-42,49-51H,6-8,14-25H2,1-5H3,(H,45,47)(H,46,48)(H2,52,53,54);;/q;2*+1/p-2/t27-,30+,32+,33-,34+,35+,36-,39-,40+,41+,42+,43+,44-;;/m1../s1. The number of nitrogens with zero attached hydrogens (tertiary/aromatic N) is 1. The van der Waals surface area contributed by atoms with E-state index in [4.69, 9.17) is 14.4 Å². The van der Waals surface area contributed by atoms with E-state index in [-0.39, 0.29) is 107 Å². The van der Waals surface area contributed by atoms with Crippen LogP contribution in [0.4, 0.5) is 5.69 Å². The molecule has 1 aromatic carbocycles. The van der Waals surface area contributed by atoms with Gasteiger partial charge in [0.05, 0.1) is 18.3 Å². The van der Waals surface area contributed by atoms with Gasteiger partial charge in [0.1, 0.15) is 24.1 Å². The average Bonchev–Trinajstić information content (AvgIpc) is 3.51. The molecule has 0 bridgehead atoms. The molecule has 5 aliphatic rings. The Bertz CT molecular complexity index is 1600. The molecule has 0 radical (unpaired) electrons. The van der Waals surface area contributed by atoms with Gasteiger partial charge < -0.3 is 50.0 Å². The first-order chi connectivity index (χ1) is 26.9. The number of nitrogens with one attached hydrogen (secondary N) is 1. The Morgan fingerprint density at radius 1 is 0.966 bits per heavy atom. The SMILES string of the molecule is CC(C)CCC[C@@H](C)[C@H]1CC[C@H]2[C@@H]3CC=C4C[C@@H](N=C([O-])CCC(=O)Nc5ccc(O[C@H]6O[C@H](CC[P+]([O-])([O-])O)[C@@H](O)[C@H](O)[C@@H]6O)cc5)CC[C@]4(C)[C@H]3CC[C@]12C.[Na+].[Na+]. The average molecular weight is 861 g/mol. The minimum absolute atomic E-state index is 0. The van der Waals surface area contributed by atoms with E-state index in [0.29, 0.717) is 17.0 Å². The maximum atomic E-state index is 13.0. The molecule has 0 aromatic heterocycles. The molecule has 4 fully saturated rings. The van der Waals surface area contributed by atoms with Gasteiger partial charge in [-0.3, -0.25) is 9.69 Å². The zero-order chi connectivity index (χ0) is 41.3. The zero-order valence-electron chi connectivity index (χ0n) is 36.6. The Balaban J connectivity index is 0.00000384. The molecule has 1 heterocycles. The first-order valence-corrected chi connectivity index (χ1v) is 23.4. The van der Waals surface area contributed by atoms with Gasteiger partial charge in [0.25, 0.3) is 0 Å². The first kappa shape index (κ1) is 51.5. The summed E-state index contributed by atoms with van der Waals surface area (Å²) in [7, 11) is -4.63. The molecule has 6 rings (SSSR count). The second-order valence-corrected chi connectivity index (χ2v) is 20.8. The van der Waals surface area contributed by atoms with Crippen molar-refractivity contribution in [3.05, 3.63) is 35.9 Å². The van der Waals surface area contributed by atoms with Crippen molar-refractivity contribution in [2.45, 2.75) is 161 Å². The van der Waals surface area contributed by atoms with Gasteiger partial charge in [-0.05, 0) is 134 Å². The number of aliphatic imine (C=N–C) groups is 1. The van der Waals surface area contributed by atoms with Gasteiger partial charge in [0.15, 0.2) is 0 Å². The number of benzene rings is 1. The van der Waals surface area contributed by atoms with E-state index in [2.05, 4.69) is 51.0 Å². The molecule has 0 spiro atoms. The van der Waals surface area contributed by atoms with Crippen LogP contribution in [0.25, 0.3) is 0 Å². The van der Waals surface area contributed by atoms with E-state index >= 15 is 0 Å². The predicted molar refractivity (Wildman–Crippen MR) is 215 cm³/mol. The maximum Gasteiger partial charge on any atom is 1.00 e. The molecule has 1 saturated heterocycles. The third-order valence-electron chi connectivity index (χ3n) is 14.9. The summed E-state index contributed by atoms with van der Waals surface area (Å²) >= 11 is 0. The second-order valence-electron chi connectivity index (χ2n) is 19.1. The number of allylic oxidation sites excluding steroid dienone is 1. The van der Waals surface area contributed by atoms with Crippen LogP contribution in [0.1, 0.15) is 125 Å². The Kier molecular flexibility index (Phi) is 18.9. The van der Waals surface area contributed by atoms with E-state index in [1.165, 1.54) is 62.7 Å². The van der Waals surface area contributed by atoms with E-state index in [1.54, 1.807) is 12.1 Å². The number of aliphatic hydroxyl groups is 3. The fraction of sp³-hybridized carbons (Fsp3) is 0.773. The summed E-state index contributed by atoms with van der Waals surface area (Å²) in [4.78, 5) is 48.8. The number of carbonyl (C=O) groups is 1.